The van der Waals surface area contributed by atoms with Crippen molar-refractivity contribution in [3.8, 4) is 0 Å². The summed E-state index contributed by atoms with van der Waals surface area (Å²) >= 11 is 2.99. The number of hydrogen-bond acceptors (Lipinski definition) is 4. The Morgan fingerprint density at radius 1 is 1.56 bits per heavy atom. The molecule has 1 heterocycles. The van der Waals surface area contributed by atoms with E-state index < -0.39 is 0 Å². The van der Waals surface area contributed by atoms with Gasteiger partial charge in [0.05, 0.1) is 9.95 Å². The van der Waals surface area contributed by atoms with Crippen LogP contribution in [-0.4, -0.2) is 21.8 Å². The highest BCUT2D eigenvalue weighted by Gasteiger charge is 2.11. The summed E-state index contributed by atoms with van der Waals surface area (Å²) in [5.41, 5.74) is 0.832. The van der Waals surface area contributed by atoms with E-state index >= 15 is 0 Å². The minimum absolute atomic E-state index is 0.0312. The van der Waals surface area contributed by atoms with Crippen LogP contribution in [-0.2, 0) is 4.79 Å². The van der Waals surface area contributed by atoms with E-state index in [1.165, 1.54) is 23.3 Å². The lowest BCUT2D eigenvalue weighted by atomic mass is 10.2. The third-order valence-electron chi connectivity index (χ3n) is 2.34. The van der Waals surface area contributed by atoms with Crippen LogP contribution in [0.25, 0.3) is 10.1 Å². The van der Waals surface area contributed by atoms with Crippen LogP contribution in [0.5, 0.6) is 0 Å². The summed E-state index contributed by atoms with van der Waals surface area (Å²) in [4.78, 5) is 11.7. The van der Waals surface area contributed by atoms with Crippen molar-refractivity contribution in [1.82, 2.24) is 4.37 Å². The lowest BCUT2D eigenvalue weighted by Gasteiger charge is -2.09. The molecule has 0 aliphatic rings. The number of nitrogens with zero attached hydrogens (tertiary/aromatic N) is 1. The molecule has 16 heavy (non-hydrogen) atoms. The van der Waals surface area contributed by atoms with Crippen molar-refractivity contribution < 1.29 is 4.79 Å². The first-order chi connectivity index (χ1) is 7.70. The van der Waals surface area contributed by atoms with Crippen molar-refractivity contribution in [2.24, 2.45) is 0 Å². The molecule has 0 aliphatic carbocycles. The SMILES string of the molecule is CSC(C)C(=O)Nc1ccc2sncc2c1. The lowest BCUT2D eigenvalue weighted by molar-refractivity contribution is -0.115. The first kappa shape index (κ1) is 11.4. The Labute approximate surface area is 102 Å². The molecule has 0 spiro atoms. The molecule has 0 bridgehead atoms. The van der Waals surface area contributed by atoms with Gasteiger partial charge in [-0.25, -0.2) is 0 Å². The summed E-state index contributed by atoms with van der Waals surface area (Å²) in [6, 6.07) is 5.83. The maximum atomic E-state index is 11.7. The number of carbonyl (C=O) groups is 1. The van der Waals surface area contributed by atoms with Crippen LogP contribution in [0.3, 0.4) is 0 Å². The Balaban J connectivity index is 2.17. The van der Waals surface area contributed by atoms with Gasteiger partial charge in [0.1, 0.15) is 0 Å². The van der Waals surface area contributed by atoms with Gasteiger partial charge in [0.15, 0.2) is 0 Å². The number of thioether (sulfide) groups is 1. The first-order valence-electron chi connectivity index (χ1n) is 4.89. The van der Waals surface area contributed by atoms with Crippen LogP contribution in [0.1, 0.15) is 6.92 Å². The van der Waals surface area contributed by atoms with Gasteiger partial charge >= 0.3 is 0 Å². The molecule has 1 atom stereocenters. The van der Waals surface area contributed by atoms with Crippen LogP contribution in [0.4, 0.5) is 5.69 Å². The molecule has 0 saturated carbocycles. The quantitative estimate of drug-likeness (QED) is 0.913. The van der Waals surface area contributed by atoms with Crippen LogP contribution in [0, 0.1) is 0 Å². The number of nitrogens with one attached hydrogen (secondary N) is 1. The number of benzene rings is 1. The minimum Gasteiger partial charge on any atom is -0.325 e. The molecule has 0 fully saturated rings. The minimum atomic E-state index is -0.0312. The molecule has 2 aromatic rings. The van der Waals surface area contributed by atoms with Crippen molar-refractivity contribution in [3.05, 3.63) is 24.4 Å². The van der Waals surface area contributed by atoms with Gasteiger partial charge < -0.3 is 5.32 Å². The summed E-state index contributed by atoms with van der Waals surface area (Å²) < 4.78 is 5.23. The Kier molecular flexibility index (Phi) is 3.46. The molecule has 2 rings (SSSR count). The van der Waals surface area contributed by atoms with Gasteiger partial charge in [-0.05, 0) is 42.9 Å². The fraction of sp³-hybridized carbons (Fsp3) is 0.273. The topological polar surface area (TPSA) is 42.0 Å². The molecule has 1 amide bonds. The number of fused-ring (bicyclic) bond motifs is 1. The summed E-state index contributed by atoms with van der Waals surface area (Å²) in [5, 5.41) is 3.93. The third kappa shape index (κ3) is 2.36. The maximum Gasteiger partial charge on any atom is 0.237 e. The number of rotatable bonds is 3. The number of hydrogen-bond donors (Lipinski definition) is 1. The number of amides is 1. The molecule has 84 valence electrons. The van der Waals surface area contributed by atoms with Gasteiger partial charge in [0, 0.05) is 17.3 Å². The number of carbonyl (C=O) groups excluding carboxylic acids is 1. The molecule has 1 N–H and O–H groups in total. The summed E-state index contributed by atoms with van der Waals surface area (Å²) in [5.74, 6) is 0.0371. The predicted octanol–water partition coefficient (Wildman–Crippen LogP) is 2.99. The molecule has 0 aliphatic heterocycles. The molecule has 1 aromatic heterocycles. The zero-order valence-corrected chi connectivity index (χ0v) is 10.7. The highest BCUT2D eigenvalue weighted by Crippen LogP contribution is 2.22. The van der Waals surface area contributed by atoms with E-state index in [-0.39, 0.29) is 11.2 Å². The molecule has 0 saturated heterocycles. The van der Waals surface area contributed by atoms with E-state index in [1.54, 1.807) is 0 Å². The Bertz CT molecular complexity index is 509. The zero-order valence-electron chi connectivity index (χ0n) is 9.06. The largest absolute Gasteiger partial charge is 0.325 e. The maximum absolute atomic E-state index is 11.7. The van der Waals surface area contributed by atoms with E-state index in [0.29, 0.717) is 0 Å². The van der Waals surface area contributed by atoms with Crippen molar-refractivity contribution in [3.63, 3.8) is 0 Å². The fourth-order valence-electron chi connectivity index (χ4n) is 1.30. The predicted molar refractivity (Wildman–Crippen MR) is 71.2 cm³/mol. The van der Waals surface area contributed by atoms with Crippen LogP contribution in [0.2, 0.25) is 0 Å². The van der Waals surface area contributed by atoms with Gasteiger partial charge in [0.25, 0.3) is 0 Å². The monoisotopic (exact) mass is 252 g/mol. The van der Waals surface area contributed by atoms with Gasteiger partial charge in [-0.3, -0.25) is 4.79 Å². The van der Waals surface area contributed by atoms with Gasteiger partial charge in [-0.15, -0.1) is 0 Å². The van der Waals surface area contributed by atoms with Crippen molar-refractivity contribution in [2.75, 3.05) is 11.6 Å². The average molecular weight is 252 g/mol. The van der Waals surface area contributed by atoms with Crippen LogP contribution < -0.4 is 5.32 Å². The second-order valence-electron chi connectivity index (χ2n) is 3.45. The number of aromatic nitrogens is 1. The Morgan fingerprint density at radius 2 is 2.38 bits per heavy atom. The lowest BCUT2D eigenvalue weighted by Crippen LogP contribution is -2.21. The molecular formula is C11H12N2OS2. The van der Waals surface area contributed by atoms with E-state index in [0.717, 1.165) is 15.8 Å². The van der Waals surface area contributed by atoms with E-state index in [4.69, 9.17) is 0 Å². The molecule has 5 heteroatoms. The average Bonchev–Trinajstić information content (AvgIpc) is 2.75. The van der Waals surface area contributed by atoms with Crippen molar-refractivity contribution in [2.45, 2.75) is 12.2 Å². The molecule has 1 aromatic carbocycles. The normalized spacial score (nSPS) is 12.6. The first-order valence-corrected chi connectivity index (χ1v) is 6.95. The molecule has 3 nitrogen and oxygen atoms in total. The highest BCUT2D eigenvalue weighted by atomic mass is 32.2. The smallest absolute Gasteiger partial charge is 0.237 e. The highest BCUT2D eigenvalue weighted by molar-refractivity contribution is 7.99. The van der Waals surface area contributed by atoms with Gasteiger partial charge in [-0.1, -0.05) is 0 Å². The Morgan fingerprint density at radius 3 is 3.12 bits per heavy atom. The Hall–Kier alpha value is -1.07. The second kappa shape index (κ2) is 4.84. The zero-order chi connectivity index (χ0) is 11.5. The van der Waals surface area contributed by atoms with Gasteiger partial charge in [-0.2, -0.15) is 16.1 Å². The summed E-state index contributed by atoms with van der Waals surface area (Å²) in [6.45, 7) is 1.89. The summed E-state index contributed by atoms with van der Waals surface area (Å²) in [7, 11) is 0. The van der Waals surface area contributed by atoms with Gasteiger partial charge in [0.2, 0.25) is 5.91 Å². The second-order valence-corrected chi connectivity index (χ2v) is 5.46. The molecular weight excluding hydrogens is 240 g/mol. The van der Waals surface area contributed by atoms with Crippen molar-refractivity contribution in [1.29, 1.82) is 0 Å². The summed E-state index contributed by atoms with van der Waals surface area (Å²) in [6.07, 6.45) is 3.74. The molecule has 1 unspecified atom stereocenters. The fourth-order valence-corrected chi connectivity index (χ4v) is 2.20. The van der Waals surface area contributed by atoms with Crippen molar-refractivity contribution >= 4 is 45.0 Å². The molecule has 0 radical (unpaired) electrons. The third-order valence-corrected chi connectivity index (χ3v) is 4.04. The van der Waals surface area contributed by atoms with E-state index in [1.807, 2.05) is 37.6 Å². The van der Waals surface area contributed by atoms with Crippen LogP contribution >= 0.6 is 23.3 Å². The standard InChI is InChI=1S/C11H12N2OS2/c1-7(15-2)11(14)13-9-3-4-10-8(5-9)6-12-16-10/h3-7H,1-2H3,(H,13,14). The van der Waals surface area contributed by atoms with E-state index in [2.05, 4.69) is 9.69 Å². The number of anilines is 1. The van der Waals surface area contributed by atoms with Crippen LogP contribution in [0.15, 0.2) is 24.4 Å². The van der Waals surface area contributed by atoms with E-state index in [9.17, 15) is 4.79 Å².